The molecule has 0 bridgehead atoms. The van der Waals surface area contributed by atoms with Crippen molar-refractivity contribution in [3.8, 4) is 23.0 Å². The zero-order chi connectivity index (χ0) is 24.2. The van der Waals surface area contributed by atoms with Gasteiger partial charge in [0.15, 0.2) is 17.6 Å². The third-order valence-corrected chi connectivity index (χ3v) is 4.96. The standard InChI is InChI=1S/C23H17ClN2O8/c1-13(22(27)25-16-5-9-20-21(11-16)32-12-31-20)33-23(28)14-2-6-17(7-3-14)34-19-8-4-15(24)10-18(19)26(29)30/h2-11,13H,12H2,1H3,(H,25,27). The minimum atomic E-state index is -1.08. The number of hydrogen-bond acceptors (Lipinski definition) is 8. The van der Waals surface area contributed by atoms with Gasteiger partial charge in [0.25, 0.3) is 5.91 Å². The van der Waals surface area contributed by atoms with Gasteiger partial charge in [0.2, 0.25) is 12.5 Å². The Morgan fingerprint density at radius 3 is 2.53 bits per heavy atom. The molecule has 1 amide bonds. The first-order chi connectivity index (χ1) is 16.3. The molecule has 4 rings (SSSR count). The summed E-state index contributed by atoms with van der Waals surface area (Å²) in [5, 5.41) is 14.0. The molecule has 34 heavy (non-hydrogen) atoms. The maximum absolute atomic E-state index is 12.4. The number of benzene rings is 3. The second-order valence-corrected chi connectivity index (χ2v) is 7.54. The largest absolute Gasteiger partial charge is 0.454 e. The van der Waals surface area contributed by atoms with E-state index in [1.54, 1.807) is 18.2 Å². The summed E-state index contributed by atoms with van der Waals surface area (Å²) in [5.74, 6) is 0.0953. The Bertz CT molecular complexity index is 1260. The van der Waals surface area contributed by atoms with Gasteiger partial charge in [0.1, 0.15) is 5.75 Å². The summed E-state index contributed by atoms with van der Waals surface area (Å²) in [7, 11) is 0. The smallest absolute Gasteiger partial charge is 0.338 e. The monoisotopic (exact) mass is 484 g/mol. The van der Waals surface area contributed by atoms with Gasteiger partial charge < -0.3 is 24.3 Å². The van der Waals surface area contributed by atoms with Crippen LogP contribution in [0.5, 0.6) is 23.0 Å². The van der Waals surface area contributed by atoms with Crippen molar-refractivity contribution in [2.75, 3.05) is 12.1 Å². The fraction of sp³-hybridized carbons (Fsp3) is 0.130. The van der Waals surface area contributed by atoms with Crippen molar-refractivity contribution >= 4 is 34.9 Å². The fourth-order valence-electron chi connectivity index (χ4n) is 3.01. The second-order valence-electron chi connectivity index (χ2n) is 7.10. The minimum Gasteiger partial charge on any atom is -0.454 e. The summed E-state index contributed by atoms with van der Waals surface area (Å²) < 4.78 is 21.3. The highest BCUT2D eigenvalue weighted by atomic mass is 35.5. The van der Waals surface area contributed by atoms with E-state index in [2.05, 4.69) is 5.32 Å². The van der Waals surface area contributed by atoms with Crippen molar-refractivity contribution in [2.24, 2.45) is 0 Å². The molecular weight excluding hydrogens is 468 g/mol. The maximum Gasteiger partial charge on any atom is 0.338 e. The zero-order valence-electron chi connectivity index (χ0n) is 17.6. The van der Waals surface area contributed by atoms with E-state index < -0.39 is 22.9 Å². The topological polar surface area (TPSA) is 126 Å². The molecule has 1 aliphatic rings. The van der Waals surface area contributed by atoms with Crippen LogP contribution in [0.1, 0.15) is 17.3 Å². The summed E-state index contributed by atoms with van der Waals surface area (Å²) in [6.45, 7) is 1.55. The van der Waals surface area contributed by atoms with E-state index >= 15 is 0 Å². The van der Waals surface area contributed by atoms with Gasteiger partial charge in [-0.3, -0.25) is 14.9 Å². The Labute approximate surface area is 198 Å². The molecule has 0 spiro atoms. The molecule has 1 heterocycles. The normalized spacial score (nSPS) is 12.5. The molecule has 0 aliphatic carbocycles. The first kappa shape index (κ1) is 22.9. The number of esters is 1. The zero-order valence-corrected chi connectivity index (χ0v) is 18.4. The molecule has 0 aromatic heterocycles. The lowest BCUT2D eigenvalue weighted by molar-refractivity contribution is -0.385. The van der Waals surface area contributed by atoms with Crippen LogP contribution in [0.15, 0.2) is 60.7 Å². The van der Waals surface area contributed by atoms with E-state index in [9.17, 15) is 19.7 Å². The molecular formula is C23H17ClN2O8. The molecule has 0 radical (unpaired) electrons. The molecule has 1 unspecified atom stereocenters. The Hall–Kier alpha value is -4.31. The first-order valence-corrected chi connectivity index (χ1v) is 10.3. The van der Waals surface area contributed by atoms with Crippen molar-refractivity contribution in [2.45, 2.75) is 13.0 Å². The molecule has 11 heteroatoms. The average molecular weight is 485 g/mol. The summed E-state index contributed by atoms with van der Waals surface area (Å²) in [5.41, 5.74) is 0.342. The lowest BCUT2D eigenvalue weighted by Gasteiger charge is -2.14. The lowest BCUT2D eigenvalue weighted by atomic mass is 10.2. The van der Waals surface area contributed by atoms with E-state index in [4.69, 9.17) is 30.5 Å². The highest BCUT2D eigenvalue weighted by Gasteiger charge is 2.21. The SMILES string of the molecule is CC(OC(=O)c1ccc(Oc2ccc(Cl)cc2[N+](=O)[O-])cc1)C(=O)Nc1ccc2c(c1)OCO2. The van der Waals surface area contributed by atoms with E-state index in [1.807, 2.05) is 0 Å². The number of carbonyl (C=O) groups excluding carboxylic acids is 2. The number of amides is 1. The quantitative estimate of drug-likeness (QED) is 0.283. The molecule has 3 aromatic carbocycles. The van der Waals surface area contributed by atoms with Gasteiger partial charge in [-0.25, -0.2) is 4.79 Å². The van der Waals surface area contributed by atoms with Crippen LogP contribution < -0.4 is 19.5 Å². The first-order valence-electron chi connectivity index (χ1n) is 9.93. The number of carbonyl (C=O) groups is 2. The van der Waals surface area contributed by atoms with Gasteiger partial charge in [-0.2, -0.15) is 0 Å². The molecule has 3 aromatic rings. The molecule has 1 aliphatic heterocycles. The van der Waals surface area contributed by atoms with Crippen molar-refractivity contribution in [1.29, 1.82) is 0 Å². The fourth-order valence-corrected chi connectivity index (χ4v) is 3.17. The molecule has 0 saturated carbocycles. The maximum atomic E-state index is 12.4. The highest BCUT2D eigenvalue weighted by Crippen LogP contribution is 2.35. The number of anilines is 1. The molecule has 1 atom stereocenters. The summed E-state index contributed by atoms with van der Waals surface area (Å²) in [6, 6.07) is 14.7. The second kappa shape index (κ2) is 9.67. The van der Waals surface area contributed by atoms with E-state index in [0.717, 1.165) is 0 Å². The van der Waals surface area contributed by atoms with Gasteiger partial charge >= 0.3 is 11.7 Å². The third-order valence-electron chi connectivity index (χ3n) is 4.73. The predicted octanol–water partition coefficient (Wildman–Crippen LogP) is 4.95. The van der Waals surface area contributed by atoms with E-state index in [1.165, 1.54) is 49.4 Å². The van der Waals surface area contributed by atoms with Crippen molar-refractivity contribution in [3.63, 3.8) is 0 Å². The average Bonchev–Trinajstić information content (AvgIpc) is 3.28. The van der Waals surface area contributed by atoms with Crippen molar-refractivity contribution in [1.82, 2.24) is 0 Å². The van der Waals surface area contributed by atoms with Crippen molar-refractivity contribution < 1.29 is 33.5 Å². The van der Waals surface area contributed by atoms with Gasteiger partial charge in [0, 0.05) is 22.8 Å². The summed E-state index contributed by atoms with van der Waals surface area (Å²) in [4.78, 5) is 35.4. The summed E-state index contributed by atoms with van der Waals surface area (Å²) >= 11 is 5.80. The van der Waals surface area contributed by atoms with Crippen LogP contribution in [-0.4, -0.2) is 29.7 Å². The van der Waals surface area contributed by atoms with E-state index in [0.29, 0.717) is 17.2 Å². The molecule has 0 fully saturated rings. The van der Waals surface area contributed by atoms with Crippen LogP contribution in [0.4, 0.5) is 11.4 Å². The van der Waals surface area contributed by atoms with E-state index in [-0.39, 0.29) is 34.6 Å². The highest BCUT2D eigenvalue weighted by molar-refractivity contribution is 6.30. The van der Waals surface area contributed by atoms with Crippen LogP contribution in [-0.2, 0) is 9.53 Å². The van der Waals surface area contributed by atoms with Crippen LogP contribution in [0, 0.1) is 10.1 Å². The van der Waals surface area contributed by atoms with Gasteiger partial charge in [-0.05, 0) is 55.5 Å². The molecule has 174 valence electrons. The van der Waals surface area contributed by atoms with Crippen LogP contribution in [0.2, 0.25) is 5.02 Å². The number of rotatable bonds is 7. The summed E-state index contributed by atoms with van der Waals surface area (Å²) in [6.07, 6.45) is -1.08. The third kappa shape index (κ3) is 5.18. The number of halogens is 1. The Balaban J connectivity index is 1.36. The van der Waals surface area contributed by atoms with Gasteiger partial charge in [0.05, 0.1) is 10.5 Å². The lowest BCUT2D eigenvalue weighted by Crippen LogP contribution is -2.30. The minimum absolute atomic E-state index is 0.00135. The number of nitro benzene ring substituents is 1. The number of hydrogen-bond donors (Lipinski definition) is 1. The van der Waals surface area contributed by atoms with Crippen molar-refractivity contribution in [3.05, 3.63) is 81.4 Å². The number of nitro groups is 1. The van der Waals surface area contributed by atoms with Crippen LogP contribution >= 0.6 is 11.6 Å². The molecule has 1 N–H and O–H groups in total. The Morgan fingerprint density at radius 2 is 1.79 bits per heavy atom. The van der Waals surface area contributed by atoms with Crippen LogP contribution in [0.25, 0.3) is 0 Å². The van der Waals surface area contributed by atoms with Gasteiger partial charge in [-0.1, -0.05) is 11.6 Å². The predicted molar refractivity (Wildman–Crippen MR) is 121 cm³/mol. The molecule has 0 saturated heterocycles. The number of ether oxygens (including phenoxy) is 4. The van der Waals surface area contributed by atoms with Gasteiger partial charge in [-0.15, -0.1) is 0 Å². The number of nitrogens with one attached hydrogen (secondary N) is 1. The number of fused-ring (bicyclic) bond motifs is 1. The Kier molecular flexibility index (Phi) is 6.51. The number of nitrogens with zero attached hydrogens (tertiary/aromatic N) is 1. The van der Waals surface area contributed by atoms with Crippen LogP contribution in [0.3, 0.4) is 0 Å². The Morgan fingerprint density at radius 1 is 1.06 bits per heavy atom. The molecule has 10 nitrogen and oxygen atoms in total.